The molecule has 4 heterocycles. The standard InChI is InChI=1S/C16H18N4O4/c1-11-3-6-23-14(11)16(22)18-8-12-7-17-10-19(12)13(9-18)15(21)20-4-2-5-24-20/h3,6-7,10,13H,2,4-5,8-9H2,1H3. The molecule has 1 saturated heterocycles. The fourth-order valence-electron chi connectivity index (χ4n) is 3.17. The molecule has 2 aliphatic rings. The predicted octanol–water partition coefficient (Wildman–Crippen LogP) is 1.15. The van der Waals surface area contributed by atoms with Gasteiger partial charge in [0.05, 0.1) is 44.5 Å². The maximum Gasteiger partial charge on any atom is 0.290 e. The van der Waals surface area contributed by atoms with Gasteiger partial charge < -0.3 is 13.9 Å². The summed E-state index contributed by atoms with van der Waals surface area (Å²) in [4.78, 5) is 36.7. The summed E-state index contributed by atoms with van der Waals surface area (Å²) in [5, 5.41) is 1.39. The van der Waals surface area contributed by atoms with Gasteiger partial charge in [-0.1, -0.05) is 0 Å². The van der Waals surface area contributed by atoms with Gasteiger partial charge >= 0.3 is 0 Å². The number of fused-ring (bicyclic) bond motifs is 1. The van der Waals surface area contributed by atoms with E-state index in [2.05, 4.69) is 4.98 Å². The van der Waals surface area contributed by atoms with Crippen LogP contribution in [0.1, 0.15) is 34.3 Å². The second-order valence-corrected chi connectivity index (χ2v) is 6.05. The number of hydrogen-bond donors (Lipinski definition) is 0. The average Bonchev–Trinajstić information content (AvgIpc) is 3.33. The topological polar surface area (TPSA) is 80.8 Å². The van der Waals surface area contributed by atoms with Gasteiger partial charge in [-0.05, 0) is 19.4 Å². The van der Waals surface area contributed by atoms with Crippen molar-refractivity contribution >= 4 is 11.8 Å². The molecular formula is C16H18N4O4. The minimum Gasteiger partial charge on any atom is -0.459 e. The van der Waals surface area contributed by atoms with Crippen LogP contribution in [-0.4, -0.2) is 51.0 Å². The second kappa shape index (κ2) is 5.79. The van der Waals surface area contributed by atoms with E-state index in [9.17, 15) is 9.59 Å². The van der Waals surface area contributed by atoms with Crippen molar-refractivity contribution in [2.24, 2.45) is 0 Å². The third-order valence-electron chi connectivity index (χ3n) is 4.46. The van der Waals surface area contributed by atoms with Gasteiger partial charge in [0, 0.05) is 11.8 Å². The van der Waals surface area contributed by atoms with E-state index in [0.717, 1.165) is 17.7 Å². The largest absolute Gasteiger partial charge is 0.459 e. The zero-order valence-electron chi connectivity index (χ0n) is 13.3. The molecule has 0 radical (unpaired) electrons. The van der Waals surface area contributed by atoms with Gasteiger partial charge in [0.2, 0.25) is 0 Å². The Kier molecular flexibility index (Phi) is 3.61. The minimum atomic E-state index is -0.534. The number of furan rings is 1. The van der Waals surface area contributed by atoms with Gasteiger partial charge in [0.15, 0.2) is 5.76 Å². The Morgan fingerprint density at radius 3 is 2.96 bits per heavy atom. The van der Waals surface area contributed by atoms with Crippen molar-refractivity contribution in [2.45, 2.75) is 25.9 Å². The van der Waals surface area contributed by atoms with E-state index in [-0.39, 0.29) is 18.4 Å². The van der Waals surface area contributed by atoms with Crippen LogP contribution >= 0.6 is 0 Å². The summed E-state index contributed by atoms with van der Waals surface area (Å²) in [5.74, 6) is -0.0582. The van der Waals surface area contributed by atoms with E-state index < -0.39 is 6.04 Å². The van der Waals surface area contributed by atoms with Crippen LogP contribution in [0, 0.1) is 6.92 Å². The van der Waals surface area contributed by atoms with Crippen LogP contribution < -0.4 is 0 Å². The first-order valence-corrected chi connectivity index (χ1v) is 7.93. The van der Waals surface area contributed by atoms with Gasteiger partial charge in [-0.25, -0.2) is 10.0 Å². The molecule has 2 aromatic heterocycles. The van der Waals surface area contributed by atoms with Crippen LogP contribution in [0.4, 0.5) is 0 Å². The van der Waals surface area contributed by atoms with Crippen molar-refractivity contribution in [1.82, 2.24) is 19.5 Å². The molecule has 0 aliphatic carbocycles. The van der Waals surface area contributed by atoms with Crippen LogP contribution in [0.2, 0.25) is 0 Å². The van der Waals surface area contributed by atoms with Gasteiger partial charge in [0.25, 0.3) is 11.8 Å². The van der Waals surface area contributed by atoms with Crippen molar-refractivity contribution in [1.29, 1.82) is 0 Å². The lowest BCUT2D eigenvalue weighted by atomic mass is 10.1. The van der Waals surface area contributed by atoms with Gasteiger partial charge in [-0.3, -0.25) is 14.4 Å². The average molecular weight is 330 g/mol. The molecule has 1 fully saturated rings. The number of aromatic nitrogens is 2. The summed E-state index contributed by atoms with van der Waals surface area (Å²) in [6.07, 6.45) is 5.63. The molecular weight excluding hydrogens is 312 g/mol. The Bertz CT molecular complexity index is 775. The highest BCUT2D eigenvalue weighted by molar-refractivity contribution is 5.93. The summed E-state index contributed by atoms with van der Waals surface area (Å²) < 4.78 is 7.13. The highest BCUT2D eigenvalue weighted by Gasteiger charge is 2.37. The number of amides is 2. The normalized spacial score (nSPS) is 20.3. The summed E-state index contributed by atoms with van der Waals surface area (Å²) in [6, 6.07) is 1.22. The third-order valence-corrected chi connectivity index (χ3v) is 4.46. The molecule has 126 valence electrons. The van der Waals surface area contributed by atoms with E-state index in [4.69, 9.17) is 9.25 Å². The number of nitrogens with zero attached hydrogens (tertiary/aromatic N) is 4. The Morgan fingerprint density at radius 1 is 1.38 bits per heavy atom. The lowest BCUT2D eigenvalue weighted by Crippen LogP contribution is -2.47. The molecule has 8 nitrogen and oxygen atoms in total. The summed E-state index contributed by atoms with van der Waals surface area (Å²) in [5.41, 5.74) is 1.60. The monoisotopic (exact) mass is 330 g/mol. The number of aryl methyl sites for hydroxylation is 1. The zero-order chi connectivity index (χ0) is 16.7. The van der Waals surface area contributed by atoms with E-state index in [1.54, 1.807) is 23.5 Å². The molecule has 1 atom stereocenters. The first kappa shape index (κ1) is 14.9. The number of rotatable bonds is 2. The van der Waals surface area contributed by atoms with E-state index in [1.807, 2.05) is 11.5 Å². The summed E-state index contributed by atoms with van der Waals surface area (Å²) >= 11 is 0. The number of carbonyl (C=O) groups excluding carboxylic acids is 2. The SMILES string of the molecule is Cc1ccoc1C(=O)N1Cc2cncn2C(C(=O)N2CCCO2)C1. The first-order valence-electron chi connectivity index (χ1n) is 7.93. The van der Waals surface area contributed by atoms with Crippen molar-refractivity contribution in [3.63, 3.8) is 0 Å². The maximum absolute atomic E-state index is 12.8. The Balaban J connectivity index is 1.62. The fraction of sp³-hybridized carbons (Fsp3) is 0.438. The molecule has 24 heavy (non-hydrogen) atoms. The van der Waals surface area contributed by atoms with Gasteiger partial charge in [-0.15, -0.1) is 0 Å². The number of imidazole rings is 1. The molecule has 4 rings (SSSR count). The molecule has 0 spiro atoms. The minimum absolute atomic E-state index is 0.152. The van der Waals surface area contributed by atoms with E-state index in [0.29, 0.717) is 25.5 Å². The summed E-state index contributed by atoms with van der Waals surface area (Å²) in [7, 11) is 0. The molecule has 0 aromatic carbocycles. The second-order valence-electron chi connectivity index (χ2n) is 6.05. The maximum atomic E-state index is 12.8. The lowest BCUT2D eigenvalue weighted by molar-refractivity contribution is -0.173. The highest BCUT2D eigenvalue weighted by Crippen LogP contribution is 2.26. The quantitative estimate of drug-likeness (QED) is 0.825. The molecule has 2 amide bonds. The fourth-order valence-corrected chi connectivity index (χ4v) is 3.17. The molecule has 0 bridgehead atoms. The summed E-state index contributed by atoms with van der Waals surface area (Å²) in [6.45, 7) is 3.60. The molecule has 0 N–H and O–H groups in total. The third kappa shape index (κ3) is 2.39. The number of carbonyl (C=O) groups is 2. The van der Waals surface area contributed by atoms with Crippen molar-refractivity contribution in [3.05, 3.63) is 41.9 Å². The molecule has 2 aliphatic heterocycles. The van der Waals surface area contributed by atoms with Gasteiger partial charge in [0.1, 0.15) is 6.04 Å². The molecule has 0 saturated carbocycles. The van der Waals surface area contributed by atoms with Crippen molar-refractivity contribution < 1.29 is 18.8 Å². The van der Waals surface area contributed by atoms with Gasteiger partial charge in [-0.2, -0.15) is 0 Å². The van der Waals surface area contributed by atoms with Crippen LogP contribution in [0.25, 0.3) is 0 Å². The van der Waals surface area contributed by atoms with E-state index in [1.165, 1.54) is 11.3 Å². The highest BCUT2D eigenvalue weighted by atomic mass is 16.7. The molecule has 2 aromatic rings. The van der Waals surface area contributed by atoms with Crippen LogP contribution in [-0.2, 0) is 16.2 Å². The van der Waals surface area contributed by atoms with Crippen LogP contribution in [0.5, 0.6) is 0 Å². The predicted molar refractivity (Wildman–Crippen MR) is 81.7 cm³/mol. The van der Waals surface area contributed by atoms with Crippen molar-refractivity contribution in [3.8, 4) is 0 Å². The number of hydrogen-bond acceptors (Lipinski definition) is 5. The first-order chi connectivity index (χ1) is 11.6. The zero-order valence-corrected chi connectivity index (χ0v) is 13.3. The Morgan fingerprint density at radius 2 is 2.25 bits per heavy atom. The lowest BCUT2D eigenvalue weighted by Gasteiger charge is -2.34. The van der Waals surface area contributed by atoms with E-state index >= 15 is 0 Å². The van der Waals surface area contributed by atoms with Crippen LogP contribution in [0.3, 0.4) is 0 Å². The Hall–Kier alpha value is -2.61. The van der Waals surface area contributed by atoms with Crippen molar-refractivity contribution in [2.75, 3.05) is 19.7 Å². The van der Waals surface area contributed by atoms with Crippen LogP contribution in [0.15, 0.2) is 29.3 Å². The smallest absolute Gasteiger partial charge is 0.290 e. The Labute approximate surface area is 138 Å². The molecule has 8 heteroatoms. The number of hydroxylamine groups is 2. The molecule has 1 unspecified atom stereocenters.